The standard InChI is InChI=1S/C15H22ClNO/c1-11-4-3-5-14(8-11)17(2)15-9-13(16)7-6-12(15)10-18/h6-7,9,11,14,18H,3-5,8,10H2,1-2H3. The van der Waals surface area contributed by atoms with Gasteiger partial charge in [0.15, 0.2) is 0 Å². The van der Waals surface area contributed by atoms with Crippen LogP contribution in [0.2, 0.25) is 5.02 Å². The molecule has 1 aromatic carbocycles. The van der Waals surface area contributed by atoms with E-state index in [2.05, 4.69) is 18.9 Å². The van der Waals surface area contributed by atoms with Gasteiger partial charge in [0.25, 0.3) is 0 Å². The molecule has 18 heavy (non-hydrogen) atoms. The number of rotatable bonds is 3. The largest absolute Gasteiger partial charge is 0.392 e. The van der Waals surface area contributed by atoms with Gasteiger partial charge < -0.3 is 10.0 Å². The van der Waals surface area contributed by atoms with Gasteiger partial charge in [0, 0.05) is 29.4 Å². The van der Waals surface area contributed by atoms with Gasteiger partial charge in [-0.3, -0.25) is 0 Å². The molecule has 0 radical (unpaired) electrons. The molecule has 0 aliphatic heterocycles. The van der Waals surface area contributed by atoms with Crippen LogP contribution in [0, 0.1) is 5.92 Å². The summed E-state index contributed by atoms with van der Waals surface area (Å²) < 4.78 is 0. The summed E-state index contributed by atoms with van der Waals surface area (Å²) in [7, 11) is 2.12. The Labute approximate surface area is 115 Å². The Morgan fingerprint density at radius 3 is 2.83 bits per heavy atom. The van der Waals surface area contributed by atoms with Crippen LogP contribution in [0.1, 0.15) is 38.2 Å². The van der Waals surface area contributed by atoms with Crippen molar-refractivity contribution in [2.24, 2.45) is 5.92 Å². The summed E-state index contributed by atoms with van der Waals surface area (Å²) in [5.74, 6) is 0.794. The van der Waals surface area contributed by atoms with Crippen LogP contribution in [0.3, 0.4) is 0 Å². The van der Waals surface area contributed by atoms with E-state index in [1.807, 2.05) is 18.2 Å². The van der Waals surface area contributed by atoms with Gasteiger partial charge >= 0.3 is 0 Å². The molecule has 1 fully saturated rings. The van der Waals surface area contributed by atoms with E-state index in [0.29, 0.717) is 6.04 Å². The van der Waals surface area contributed by atoms with E-state index < -0.39 is 0 Å². The van der Waals surface area contributed by atoms with E-state index in [1.54, 1.807) is 0 Å². The Kier molecular flexibility index (Phi) is 4.52. The van der Waals surface area contributed by atoms with E-state index in [9.17, 15) is 5.11 Å². The van der Waals surface area contributed by atoms with Crippen LogP contribution in [0.4, 0.5) is 5.69 Å². The Bertz CT molecular complexity index is 407. The van der Waals surface area contributed by atoms with E-state index >= 15 is 0 Å². The van der Waals surface area contributed by atoms with Crippen LogP contribution in [0.25, 0.3) is 0 Å². The second kappa shape index (κ2) is 5.94. The molecule has 1 aromatic rings. The Hall–Kier alpha value is -0.730. The van der Waals surface area contributed by atoms with Crippen molar-refractivity contribution in [1.82, 2.24) is 0 Å². The van der Waals surface area contributed by atoms with Gasteiger partial charge in [-0.2, -0.15) is 0 Å². The van der Waals surface area contributed by atoms with Crippen molar-refractivity contribution < 1.29 is 5.11 Å². The third-order valence-corrected chi connectivity index (χ3v) is 4.29. The fourth-order valence-corrected chi connectivity index (χ4v) is 3.12. The van der Waals surface area contributed by atoms with Crippen molar-refractivity contribution in [2.45, 2.75) is 45.3 Å². The molecule has 0 spiro atoms. The second-order valence-electron chi connectivity index (χ2n) is 5.47. The lowest BCUT2D eigenvalue weighted by Gasteiger charge is -2.36. The summed E-state index contributed by atoms with van der Waals surface area (Å²) in [6.07, 6.45) is 5.10. The molecular weight excluding hydrogens is 246 g/mol. The maximum atomic E-state index is 9.44. The Balaban J connectivity index is 2.21. The quantitative estimate of drug-likeness (QED) is 0.899. The van der Waals surface area contributed by atoms with Crippen LogP contribution in [0.15, 0.2) is 18.2 Å². The zero-order valence-corrected chi connectivity index (χ0v) is 12.0. The number of aliphatic hydroxyl groups is 1. The monoisotopic (exact) mass is 267 g/mol. The van der Waals surface area contributed by atoms with Gasteiger partial charge in [0.2, 0.25) is 0 Å². The lowest BCUT2D eigenvalue weighted by atomic mass is 9.86. The van der Waals surface area contributed by atoms with Gasteiger partial charge in [-0.15, -0.1) is 0 Å². The molecular formula is C15H22ClNO. The van der Waals surface area contributed by atoms with Crippen LogP contribution in [-0.2, 0) is 6.61 Å². The third-order valence-electron chi connectivity index (χ3n) is 4.05. The molecule has 1 aliphatic carbocycles. The van der Waals surface area contributed by atoms with Crippen LogP contribution < -0.4 is 4.90 Å². The molecule has 0 amide bonds. The van der Waals surface area contributed by atoms with Crippen molar-refractivity contribution in [3.63, 3.8) is 0 Å². The van der Waals surface area contributed by atoms with Crippen LogP contribution >= 0.6 is 11.6 Å². The average molecular weight is 268 g/mol. The predicted molar refractivity (Wildman–Crippen MR) is 77.2 cm³/mol. The zero-order valence-electron chi connectivity index (χ0n) is 11.2. The van der Waals surface area contributed by atoms with E-state index in [-0.39, 0.29) is 6.61 Å². The first kappa shape index (κ1) is 13.7. The predicted octanol–water partition coefficient (Wildman–Crippen LogP) is 3.85. The maximum absolute atomic E-state index is 9.44. The minimum Gasteiger partial charge on any atom is -0.392 e. The fraction of sp³-hybridized carbons (Fsp3) is 0.600. The lowest BCUT2D eigenvalue weighted by Crippen LogP contribution is -2.36. The number of hydrogen-bond donors (Lipinski definition) is 1. The minimum absolute atomic E-state index is 0.0686. The number of nitrogens with zero attached hydrogens (tertiary/aromatic N) is 1. The number of aliphatic hydroxyl groups excluding tert-OH is 1. The first-order valence-electron chi connectivity index (χ1n) is 6.74. The zero-order chi connectivity index (χ0) is 13.1. The van der Waals surface area contributed by atoms with E-state index in [1.165, 1.54) is 25.7 Å². The van der Waals surface area contributed by atoms with Crippen molar-refractivity contribution in [1.29, 1.82) is 0 Å². The summed E-state index contributed by atoms with van der Waals surface area (Å²) in [4.78, 5) is 2.30. The highest BCUT2D eigenvalue weighted by Gasteiger charge is 2.23. The molecule has 0 bridgehead atoms. The smallest absolute Gasteiger partial charge is 0.0702 e. The van der Waals surface area contributed by atoms with Gasteiger partial charge in [-0.25, -0.2) is 0 Å². The summed E-state index contributed by atoms with van der Waals surface area (Å²) in [5.41, 5.74) is 2.03. The van der Waals surface area contributed by atoms with Gasteiger partial charge in [-0.05, 0) is 30.9 Å². The molecule has 1 aliphatic rings. The summed E-state index contributed by atoms with van der Waals surface area (Å²) in [6.45, 7) is 2.39. The minimum atomic E-state index is 0.0686. The number of halogens is 1. The molecule has 1 N–H and O–H groups in total. The highest BCUT2D eigenvalue weighted by atomic mass is 35.5. The first-order valence-corrected chi connectivity index (χ1v) is 7.11. The second-order valence-corrected chi connectivity index (χ2v) is 5.90. The van der Waals surface area contributed by atoms with Crippen molar-refractivity contribution in [3.05, 3.63) is 28.8 Å². The molecule has 2 nitrogen and oxygen atoms in total. The number of hydrogen-bond acceptors (Lipinski definition) is 2. The molecule has 3 heteroatoms. The molecule has 2 atom stereocenters. The Morgan fingerprint density at radius 1 is 1.39 bits per heavy atom. The van der Waals surface area contributed by atoms with Gasteiger partial charge in [0.1, 0.15) is 0 Å². The Morgan fingerprint density at radius 2 is 2.17 bits per heavy atom. The molecule has 100 valence electrons. The first-order chi connectivity index (χ1) is 8.61. The summed E-state index contributed by atoms with van der Waals surface area (Å²) in [5, 5.41) is 10.2. The third kappa shape index (κ3) is 2.99. The summed E-state index contributed by atoms with van der Waals surface area (Å²) >= 11 is 6.08. The highest BCUT2D eigenvalue weighted by molar-refractivity contribution is 6.30. The molecule has 0 aromatic heterocycles. The highest BCUT2D eigenvalue weighted by Crippen LogP contribution is 2.32. The molecule has 2 rings (SSSR count). The lowest BCUT2D eigenvalue weighted by molar-refractivity contribution is 0.281. The molecule has 1 saturated carbocycles. The van der Waals surface area contributed by atoms with Crippen LogP contribution in [-0.4, -0.2) is 18.2 Å². The van der Waals surface area contributed by atoms with Crippen molar-refractivity contribution in [3.8, 4) is 0 Å². The number of benzene rings is 1. The fourth-order valence-electron chi connectivity index (χ4n) is 2.95. The molecule has 2 unspecified atom stereocenters. The van der Waals surface area contributed by atoms with E-state index in [0.717, 1.165) is 22.2 Å². The summed E-state index contributed by atoms with van der Waals surface area (Å²) in [6, 6.07) is 6.29. The maximum Gasteiger partial charge on any atom is 0.0702 e. The van der Waals surface area contributed by atoms with Crippen molar-refractivity contribution in [2.75, 3.05) is 11.9 Å². The van der Waals surface area contributed by atoms with Gasteiger partial charge in [-0.1, -0.05) is 37.4 Å². The van der Waals surface area contributed by atoms with Crippen LogP contribution in [0.5, 0.6) is 0 Å². The topological polar surface area (TPSA) is 23.5 Å². The van der Waals surface area contributed by atoms with E-state index in [4.69, 9.17) is 11.6 Å². The molecule has 0 heterocycles. The number of anilines is 1. The SMILES string of the molecule is CC1CCCC(N(C)c2cc(Cl)ccc2CO)C1. The van der Waals surface area contributed by atoms with Crippen molar-refractivity contribution >= 4 is 17.3 Å². The molecule has 0 saturated heterocycles. The average Bonchev–Trinajstić information content (AvgIpc) is 2.38. The van der Waals surface area contributed by atoms with Gasteiger partial charge in [0.05, 0.1) is 6.61 Å². The normalized spacial score (nSPS) is 24.0.